The Hall–Kier alpha value is -0.640. The van der Waals surface area contributed by atoms with Crippen molar-refractivity contribution >= 4 is 40.8 Å². The van der Waals surface area contributed by atoms with E-state index >= 15 is 0 Å². The van der Waals surface area contributed by atoms with Crippen LogP contribution in [-0.2, 0) is 9.53 Å². The molecule has 0 saturated carbocycles. The number of benzene rings is 1. The number of hydrogen-bond acceptors (Lipinski definition) is 3. The number of ether oxygens (including phenoxy) is 2. The van der Waals surface area contributed by atoms with Gasteiger partial charge in [-0.2, -0.15) is 0 Å². The first kappa shape index (κ1) is 14.4. The first-order valence-corrected chi connectivity index (χ1v) is 6.02. The summed E-state index contributed by atoms with van der Waals surface area (Å²) in [6.45, 7) is 0.330. The van der Waals surface area contributed by atoms with Gasteiger partial charge in [0.2, 0.25) is 0 Å². The van der Waals surface area contributed by atoms with Crippen LogP contribution in [0, 0.1) is 0 Å². The quantitative estimate of drug-likeness (QED) is 0.609. The lowest BCUT2D eigenvalue weighted by Gasteiger charge is -2.09. The summed E-state index contributed by atoms with van der Waals surface area (Å²) in [5.74, 6) is 0.101. The summed E-state index contributed by atoms with van der Waals surface area (Å²) in [7, 11) is 1.34. The van der Waals surface area contributed by atoms with Crippen LogP contribution in [0.25, 0.3) is 0 Å². The summed E-state index contributed by atoms with van der Waals surface area (Å²) < 4.78 is 9.89. The van der Waals surface area contributed by atoms with Crippen molar-refractivity contribution in [2.75, 3.05) is 13.7 Å². The molecule has 1 rings (SSSR count). The topological polar surface area (TPSA) is 35.5 Å². The minimum absolute atomic E-state index is 0.276. The Morgan fingerprint density at radius 3 is 2.35 bits per heavy atom. The fourth-order valence-corrected chi connectivity index (χ4v) is 2.09. The Balaban J connectivity index is 2.50. The van der Waals surface area contributed by atoms with Crippen LogP contribution in [0.15, 0.2) is 12.1 Å². The maximum atomic E-state index is 10.9. The summed E-state index contributed by atoms with van der Waals surface area (Å²) in [4.78, 5) is 10.9. The lowest BCUT2D eigenvalue weighted by atomic mass is 10.3. The van der Waals surface area contributed by atoms with Crippen molar-refractivity contribution in [2.24, 2.45) is 0 Å². The Bertz CT molecular complexity index is 384. The van der Waals surface area contributed by atoms with Crippen LogP contribution < -0.4 is 4.74 Å². The van der Waals surface area contributed by atoms with Gasteiger partial charge >= 0.3 is 5.97 Å². The van der Waals surface area contributed by atoms with Gasteiger partial charge in [0.05, 0.1) is 23.8 Å². The van der Waals surface area contributed by atoms with Crippen molar-refractivity contribution in [2.45, 2.75) is 12.8 Å². The molecule has 6 heteroatoms. The average Bonchev–Trinajstić information content (AvgIpc) is 2.26. The van der Waals surface area contributed by atoms with Crippen LogP contribution in [0.5, 0.6) is 5.75 Å². The molecule has 0 bridgehead atoms. The van der Waals surface area contributed by atoms with E-state index in [4.69, 9.17) is 39.5 Å². The molecule has 0 aliphatic carbocycles. The highest BCUT2D eigenvalue weighted by Crippen LogP contribution is 2.35. The van der Waals surface area contributed by atoms with Crippen molar-refractivity contribution in [3.8, 4) is 5.75 Å². The monoisotopic (exact) mass is 296 g/mol. The van der Waals surface area contributed by atoms with E-state index in [0.29, 0.717) is 40.3 Å². The highest BCUT2D eigenvalue weighted by molar-refractivity contribution is 6.40. The van der Waals surface area contributed by atoms with Gasteiger partial charge < -0.3 is 9.47 Å². The first-order chi connectivity index (χ1) is 8.04. The smallest absolute Gasteiger partial charge is 0.305 e. The zero-order chi connectivity index (χ0) is 12.8. The average molecular weight is 298 g/mol. The molecule has 0 fully saturated rings. The molecule has 0 heterocycles. The van der Waals surface area contributed by atoms with Gasteiger partial charge in [-0.15, -0.1) is 0 Å². The molecule has 0 N–H and O–H groups in total. The lowest BCUT2D eigenvalue weighted by Crippen LogP contribution is -2.05. The van der Waals surface area contributed by atoms with E-state index in [1.54, 1.807) is 12.1 Å². The molecule has 0 aliphatic rings. The Kier molecular flexibility index (Phi) is 5.89. The van der Waals surface area contributed by atoms with E-state index in [1.165, 1.54) is 7.11 Å². The number of rotatable bonds is 5. The second kappa shape index (κ2) is 6.94. The Morgan fingerprint density at radius 1 is 1.24 bits per heavy atom. The Morgan fingerprint density at radius 2 is 1.82 bits per heavy atom. The third-order valence-electron chi connectivity index (χ3n) is 1.96. The van der Waals surface area contributed by atoms with Gasteiger partial charge in [0.25, 0.3) is 0 Å². The van der Waals surface area contributed by atoms with E-state index in [9.17, 15) is 4.79 Å². The highest BCUT2D eigenvalue weighted by Gasteiger charge is 2.09. The number of hydrogen-bond donors (Lipinski definition) is 0. The SMILES string of the molecule is COC(=O)CCCOc1c(Cl)cc(Cl)cc1Cl. The van der Waals surface area contributed by atoms with E-state index in [-0.39, 0.29) is 5.97 Å². The van der Waals surface area contributed by atoms with Crippen molar-refractivity contribution in [3.63, 3.8) is 0 Å². The highest BCUT2D eigenvalue weighted by atomic mass is 35.5. The number of carbonyl (C=O) groups is 1. The third kappa shape index (κ3) is 4.62. The Labute approximate surface area is 115 Å². The van der Waals surface area contributed by atoms with E-state index in [1.807, 2.05) is 0 Å². The van der Waals surface area contributed by atoms with Crippen LogP contribution in [-0.4, -0.2) is 19.7 Å². The lowest BCUT2D eigenvalue weighted by molar-refractivity contribution is -0.140. The second-order valence-electron chi connectivity index (χ2n) is 3.23. The van der Waals surface area contributed by atoms with Crippen molar-refractivity contribution in [1.29, 1.82) is 0 Å². The van der Waals surface area contributed by atoms with Crippen molar-refractivity contribution in [1.82, 2.24) is 0 Å². The second-order valence-corrected chi connectivity index (χ2v) is 4.48. The van der Waals surface area contributed by atoms with Crippen molar-refractivity contribution < 1.29 is 14.3 Å². The summed E-state index contributed by atoms with van der Waals surface area (Å²) in [6, 6.07) is 3.09. The zero-order valence-corrected chi connectivity index (χ0v) is 11.4. The van der Waals surface area contributed by atoms with Gasteiger partial charge in [-0.25, -0.2) is 0 Å². The van der Waals surface area contributed by atoms with Gasteiger partial charge in [-0.05, 0) is 18.6 Å². The number of halogens is 3. The molecular formula is C11H11Cl3O3. The first-order valence-electron chi connectivity index (χ1n) is 4.88. The molecule has 1 aromatic rings. The maximum absolute atomic E-state index is 10.9. The summed E-state index contributed by atoms with van der Waals surface area (Å²) in [6.07, 6.45) is 0.821. The molecule has 94 valence electrons. The molecule has 17 heavy (non-hydrogen) atoms. The van der Waals surface area contributed by atoms with E-state index in [2.05, 4.69) is 4.74 Å². The number of esters is 1. The molecule has 0 amide bonds. The molecule has 0 saturated heterocycles. The third-order valence-corrected chi connectivity index (χ3v) is 2.74. The molecule has 0 atom stereocenters. The van der Waals surface area contributed by atoms with Crippen LogP contribution in [0.2, 0.25) is 15.1 Å². The number of methoxy groups -OCH3 is 1. The number of carbonyl (C=O) groups excluding carboxylic acids is 1. The van der Waals surface area contributed by atoms with Crippen LogP contribution in [0.4, 0.5) is 0 Å². The minimum atomic E-state index is -0.276. The fourth-order valence-electron chi connectivity index (χ4n) is 1.16. The van der Waals surface area contributed by atoms with Gasteiger partial charge in [-0.3, -0.25) is 4.79 Å². The van der Waals surface area contributed by atoms with E-state index in [0.717, 1.165) is 0 Å². The van der Waals surface area contributed by atoms with Crippen LogP contribution in [0.3, 0.4) is 0 Å². The standard InChI is InChI=1S/C11H11Cl3O3/c1-16-10(15)3-2-4-17-11-8(13)5-7(12)6-9(11)14/h5-6H,2-4H2,1H3. The fraction of sp³-hybridized carbons (Fsp3) is 0.364. The van der Waals surface area contributed by atoms with Gasteiger partial charge in [0.1, 0.15) is 0 Å². The molecule has 0 unspecified atom stereocenters. The molecule has 3 nitrogen and oxygen atoms in total. The van der Waals surface area contributed by atoms with Crippen LogP contribution >= 0.6 is 34.8 Å². The predicted octanol–water partition coefficient (Wildman–Crippen LogP) is 3.98. The summed E-state index contributed by atoms with van der Waals surface area (Å²) >= 11 is 17.6. The minimum Gasteiger partial charge on any atom is -0.490 e. The van der Waals surface area contributed by atoms with Crippen molar-refractivity contribution in [3.05, 3.63) is 27.2 Å². The summed E-state index contributed by atoms with van der Waals surface area (Å²) in [5, 5.41) is 1.14. The molecule has 0 aliphatic heterocycles. The molecule has 1 aromatic carbocycles. The predicted molar refractivity (Wildman–Crippen MR) is 68.2 cm³/mol. The largest absolute Gasteiger partial charge is 0.490 e. The van der Waals surface area contributed by atoms with Crippen LogP contribution in [0.1, 0.15) is 12.8 Å². The molecule has 0 aromatic heterocycles. The molecular weight excluding hydrogens is 286 g/mol. The molecule has 0 spiro atoms. The normalized spacial score (nSPS) is 10.1. The van der Waals surface area contributed by atoms with Gasteiger partial charge in [-0.1, -0.05) is 34.8 Å². The van der Waals surface area contributed by atoms with E-state index < -0.39 is 0 Å². The van der Waals surface area contributed by atoms with Gasteiger partial charge in [0, 0.05) is 11.4 Å². The zero-order valence-electron chi connectivity index (χ0n) is 9.13. The summed E-state index contributed by atoms with van der Waals surface area (Å²) in [5.41, 5.74) is 0. The molecule has 0 radical (unpaired) electrons. The maximum Gasteiger partial charge on any atom is 0.305 e. The van der Waals surface area contributed by atoms with Gasteiger partial charge in [0.15, 0.2) is 5.75 Å².